The lowest BCUT2D eigenvalue weighted by Gasteiger charge is -2.34. The molecule has 1 saturated heterocycles. The van der Waals surface area contributed by atoms with Crippen LogP contribution in [0.5, 0.6) is 0 Å². The van der Waals surface area contributed by atoms with Gasteiger partial charge >= 0.3 is 0 Å². The van der Waals surface area contributed by atoms with Crippen LogP contribution in [0.3, 0.4) is 0 Å². The van der Waals surface area contributed by atoms with Crippen LogP contribution >= 0.6 is 0 Å². The summed E-state index contributed by atoms with van der Waals surface area (Å²) in [5.41, 5.74) is 2.09. The molecule has 1 fully saturated rings. The van der Waals surface area contributed by atoms with Crippen molar-refractivity contribution in [2.75, 3.05) is 40.5 Å². The second-order valence-electron chi connectivity index (χ2n) is 7.39. The number of aryl methyl sites for hydroxylation is 1. The van der Waals surface area contributed by atoms with E-state index in [0.29, 0.717) is 53.3 Å². The Kier molecular flexibility index (Phi) is 5.11. The highest BCUT2D eigenvalue weighted by Crippen LogP contribution is 2.32. The highest BCUT2D eigenvalue weighted by Gasteiger charge is 2.31. The summed E-state index contributed by atoms with van der Waals surface area (Å²) in [6.45, 7) is 1.24. The molecule has 0 bridgehead atoms. The van der Waals surface area contributed by atoms with Crippen molar-refractivity contribution in [3.63, 3.8) is 0 Å². The van der Waals surface area contributed by atoms with E-state index in [1.807, 2.05) is 35.2 Å². The molecule has 1 unspecified atom stereocenters. The molecule has 3 aromatic rings. The molecule has 0 aliphatic carbocycles. The molecule has 7 nitrogen and oxygen atoms in total. The van der Waals surface area contributed by atoms with Crippen molar-refractivity contribution < 1.29 is 13.4 Å². The average molecular weight is 438 g/mol. The Morgan fingerprint density at radius 1 is 1.03 bits per heavy atom. The fraction of sp³-hybridized carbons (Fsp3) is 0.227. The van der Waals surface area contributed by atoms with Crippen LogP contribution in [0.4, 0.5) is 27.5 Å². The summed E-state index contributed by atoms with van der Waals surface area (Å²) in [7, 11) is -1.21. The Balaban J connectivity index is 1.44. The van der Waals surface area contributed by atoms with Crippen LogP contribution < -0.4 is 15.1 Å². The number of halogens is 1. The van der Waals surface area contributed by atoms with Crippen molar-refractivity contribution in [1.82, 2.24) is 9.97 Å². The predicted molar refractivity (Wildman–Crippen MR) is 118 cm³/mol. The normalized spacial score (nSPS) is 18.2. The van der Waals surface area contributed by atoms with Gasteiger partial charge in [0.05, 0.1) is 16.5 Å². The Bertz CT molecular complexity index is 1170. The largest absolute Gasteiger partial charge is 0.339 e. The number of benzene rings is 2. The van der Waals surface area contributed by atoms with E-state index in [-0.39, 0.29) is 18.3 Å². The lowest BCUT2D eigenvalue weighted by Crippen LogP contribution is -2.51. The van der Waals surface area contributed by atoms with Crippen molar-refractivity contribution in [1.29, 1.82) is 0 Å². The highest BCUT2D eigenvalue weighted by atomic mass is 32.2. The van der Waals surface area contributed by atoms with E-state index in [4.69, 9.17) is 0 Å². The summed E-state index contributed by atoms with van der Waals surface area (Å²) in [4.78, 5) is 26.2. The number of hydrogen-bond donors (Lipinski definition) is 1. The fourth-order valence-electron chi connectivity index (χ4n) is 3.84. The minimum Gasteiger partial charge on any atom is -0.339 e. The monoisotopic (exact) mass is 437 g/mol. The maximum atomic E-state index is 13.6. The zero-order valence-corrected chi connectivity index (χ0v) is 17.4. The van der Waals surface area contributed by atoms with E-state index in [0.717, 1.165) is 5.69 Å². The van der Waals surface area contributed by atoms with Gasteiger partial charge in [-0.3, -0.25) is 9.00 Å². The summed E-state index contributed by atoms with van der Waals surface area (Å²) < 4.78 is 26.2. The number of nitrogens with one attached hydrogen (secondary N) is 1. The van der Waals surface area contributed by atoms with Crippen LogP contribution in [0.15, 0.2) is 59.5 Å². The first kappa shape index (κ1) is 19.6. The fourth-order valence-corrected chi connectivity index (χ4v) is 5.14. The molecule has 1 atom stereocenters. The molecule has 2 aromatic carbocycles. The molecule has 0 spiro atoms. The van der Waals surface area contributed by atoms with Crippen LogP contribution in [-0.2, 0) is 22.0 Å². The topological polar surface area (TPSA) is 78.4 Å². The lowest BCUT2D eigenvalue weighted by atomic mass is 10.2. The number of carbonyl (C=O) groups is 1. The minimum absolute atomic E-state index is 0.0373. The van der Waals surface area contributed by atoms with Crippen LogP contribution in [-0.4, -0.2) is 45.5 Å². The Morgan fingerprint density at radius 2 is 1.87 bits per heavy atom. The quantitative estimate of drug-likeness (QED) is 0.676. The zero-order valence-electron chi connectivity index (χ0n) is 16.6. The zero-order chi connectivity index (χ0) is 21.4. The first-order valence-electron chi connectivity index (χ1n) is 10.0. The van der Waals surface area contributed by atoms with Crippen LogP contribution in [0.2, 0.25) is 0 Å². The molecular weight excluding hydrogens is 417 g/mol. The number of aromatic nitrogens is 2. The number of fused-ring (bicyclic) bond motifs is 1. The molecule has 9 heteroatoms. The molecule has 1 amide bonds. The summed E-state index contributed by atoms with van der Waals surface area (Å²) >= 11 is 0. The van der Waals surface area contributed by atoms with Gasteiger partial charge in [-0.15, -0.1) is 0 Å². The molecular formula is C22H20FN5O2S. The first-order chi connectivity index (χ1) is 15.1. The maximum Gasteiger partial charge on any atom is 0.246 e. The molecule has 1 N–H and O–H groups in total. The number of rotatable bonds is 4. The lowest BCUT2D eigenvalue weighted by molar-refractivity contribution is -0.117. The van der Waals surface area contributed by atoms with E-state index < -0.39 is 10.8 Å². The molecule has 3 heterocycles. The van der Waals surface area contributed by atoms with E-state index in [2.05, 4.69) is 15.3 Å². The van der Waals surface area contributed by atoms with Gasteiger partial charge in [-0.25, -0.2) is 9.37 Å². The number of amides is 1. The number of para-hydroxylation sites is 1. The van der Waals surface area contributed by atoms with E-state index in [1.54, 1.807) is 17.0 Å². The number of anilines is 4. The molecule has 2 aliphatic heterocycles. The minimum atomic E-state index is -1.21. The van der Waals surface area contributed by atoms with Crippen molar-refractivity contribution in [2.24, 2.45) is 0 Å². The van der Waals surface area contributed by atoms with Gasteiger partial charge in [-0.2, -0.15) is 4.98 Å². The Hall–Kier alpha value is -3.33. The van der Waals surface area contributed by atoms with Crippen molar-refractivity contribution in [3.05, 3.63) is 66.1 Å². The third kappa shape index (κ3) is 3.88. The average Bonchev–Trinajstić information content (AvgIpc) is 3.15. The standard InChI is InChI=1S/C22H20FN5O2S/c23-15-5-4-6-16(13-15)24-21-20-18(9-12-31(20)30)25-22(26-21)27-10-11-28(19(29)14-27)17-7-2-1-3-8-17/h1-8,13H,9-12,14H2,(H,24,25,26). The van der Waals surface area contributed by atoms with Gasteiger partial charge in [-0.05, 0) is 30.3 Å². The molecule has 158 valence electrons. The van der Waals surface area contributed by atoms with Crippen molar-refractivity contribution in [2.45, 2.75) is 11.3 Å². The number of piperazine rings is 1. The predicted octanol–water partition coefficient (Wildman–Crippen LogP) is 2.88. The maximum absolute atomic E-state index is 13.6. The second-order valence-corrected chi connectivity index (χ2v) is 8.89. The second kappa shape index (κ2) is 8.07. The molecule has 0 radical (unpaired) electrons. The molecule has 5 rings (SSSR count). The van der Waals surface area contributed by atoms with E-state index >= 15 is 0 Å². The van der Waals surface area contributed by atoms with Crippen LogP contribution in [0, 0.1) is 5.82 Å². The Morgan fingerprint density at radius 3 is 2.65 bits per heavy atom. The molecule has 1 aromatic heterocycles. The third-order valence-electron chi connectivity index (χ3n) is 5.33. The Labute approximate surface area is 181 Å². The number of nitrogens with zero attached hydrogens (tertiary/aromatic N) is 4. The number of carbonyl (C=O) groups excluding carboxylic acids is 1. The van der Waals surface area contributed by atoms with Gasteiger partial charge in [0.15, 0.2) is 5.82 Å². The third-order valence-corrected chi connectivity index (χ3v) is 6.79. The van der Waals surface area contributed by atoms with Gasteiger partial charge in [0.2, 0.25) is 11.9 Å². The van der Waals surface area contributed by atoms with Gasteiger partial charge in [0.25, 0.3) is 0 Å². The summed E-state index contributed by atoms with van der Waals surface area (Å²) in [5, 5.41) is 3.09. The van der Waals surface area contributed by atoms with Gasteiger partial charge in [-0.1, -0.05) is 24.3 Å². The van der Waals surface area contributed by atoms with Gasteiger partial charge in [0, 0.05) is 36.6 Å². The molecule has 0 saturated carbocycles. The smallest absolute Gasteiger partial charge is 0.246 e. The summed E-state index contributed by atoms with van der Waals surface area (Å²) in [5.74, 6) is 0.882. The van der Waals surface area contributed by atoms with Gasteiger partial charge < -0.3 is 15.1 Å². The number of hydrogen-bond acceptors (Lipinski definition) is 6. The highest BCUT2D eigenvalue weighted by molar-refractivity contribution is 7.85. The SMILES string of the molecule is O=C1CN(c2nc3c(c(Nc4cccc(F)c4)n2)S(=O)CC3)CCN1c1ccccc1. The summed E-state index contributed by atoms with van der Waals surface area (Å²) in [6, 6.07) is 15.6. The van der Waals surface area contributed by atoms with E-state index in [9.17, 15) is 13.4 Å². The van der Waals surface area contributed by atoms with Crippen molar-refractivity contribution in [3.8, 4) is 0 Å². The van der Waals surface area contributed by atoms with Gasteiger partial charge in [0.1, 0.15) is 17.3 Å². The summed E-state index contributed by atoms with van der Waals surface area (Å²) in [6.07, 6.45) is 0.577. The molecule has 2 aliphatic rings. The van der Waals surface area contributed by atoms with Crippen molar-refractivity contribution >= 4 is 39.8 Å². The van der Waals surface area contributed by atoms with Crippen LogP contribution in [0.1, 0.15) is 5.69 Å². The molecule has 31 heavy (non-hydrogen) atoms. The first-order valence-corrected chi connectivity index (χ1v) is 11.3. The van der Waals surface area contributed by atoms with Crippen LogP contribution in [0.25, 0.3) is 0 Å². The van der Waals surface area contributed by atoms with E-state index in [1.165, 1.54) is 12.1 Å².